The van der Waals surface area contributed by atoms with Gasteiger partial charge in [0, 0.05) is 36.5 Å². The van der Waals surface area contributed by atoms with E-state index in [1.807, 2.05) is 18.2 Å². The second kappa shape index (κ2) is 30.5. The van der Waals surface area contributed by atoms with E-state index in [4.69, 9.17) is 21.4 Å². The van der Waals surface area contributed by atoms with E-state index in [2.05, 4.69) is 36.9 Å². The van der Waals surface area contributed by atoms with Crippen molar-refractivity contribution in [3.63, 3.8) is 0 Å². The maximum Gasteiger partial charge on any atom is 0.490 e. The molecule has 7 amide bonds. The van der Waals surface area contributed by atoms with Crippen LogP contribution in [-0.2, 0) is 56.0 Å². The predicted molar refractivity (Wildman–Crippen MR) is 271 cm³/mol. The average Bonchev–Trinajstić information content (AvgIpc) is 4.03. The summed E-state index contributed by atoms with van der Waals surface area (Å²) < 4.78 is 31.7. The molecule has 16 N–H and O–H groups in total. The Hall–Kier alpha value is -7.20. The molecule has 0 aliphatic carbocycles. The number of rotatable bonds is 27. The van der Waals surface area contributed by atoms with E-state index in [9.17, 15) is 72.0 Å². The highest BCUT2D eigenvalue weighted by molar-refractivity contribution is 5.98. The van der Waals surface area contributed by atoms with Gasteiger partial charge >= 0.3 is 18.1 Å². The summed E-state index contributed by atoms with van der Waals surface area (Å²) in [7, 11) is 0. The average molecular weight is 1090 g/mol. The molecular formula is C50H71F3N10O14. The van der Waals surface area contributed by atoms with Crippen molar-refractivity contribution in [3.8, 4) is 0 Å². The van der Waals surface area contributed by atoms with Crippen molar-refractivity contribution < 1.29 is 81.9 Å². The largest absolute Gasteiger partial charge is 0.490 e. The smallest absolute Gasteiger partial charge is 0.480 e. The summed E-state index contributed by atoms with van der Waals surface area (Å²) in [6.07, 6.45) is -4.70. The number of nitrogens with two attached hydrogens (primary N) is 2. The lowest BCUT2D eigenvalue weighted by molar-refractivity contribution is -0.192. The number of carboxylic acid groups (broad SMARTS) is 2. The molecule has 4 rings (SSSR count). The van der Waals surface area contributed by atoms with Crippen molar-refractivity contribution in [2.24, 2.45) is 17.4 Å². The molecule has 0 radical (unpaired) electrons. The number of aliphatic carboxylic acids is 2. The Labute approximate surface area is 441 Å². The number of nitrogens with one attached hydrogen (secondary N) is 7. The first kappa shape index (κ1) is 64.1. The van der Waals surface area contributed by atoms with Gasteiger partial charge in [0.05, 0.1) is 24.9 Å². The second-order valence-corrected chi connectivity index (χ2v) is 19.0. The zero-order valence-corrected chi connectivity index (χ0v) is 43.0. The number of aromatic nitrogens is 1. The molecule has 0 bridgehead atoms. The van der Waals surface area contributed by atoms with E-state index in [-0.39, 0.29) is 38.1 Å². The first-order valence-corrected chi connectivity index (χ1v) is 24.9. The third-order valence-electron chi connectivity index (χ3n) is 12.3. The second-order valence-electron chi connectivity index (χ2n) is 19.0. The summed E-state index contributed by atoms with van der Waals surface area (Å²) in [6.45, 7) is 5.62. The third kappa shape index (κ3) is 20.0. The number of unbranched alkanes of at least 4 members (excludes halogenated alkanes) is 1. The van der Waals surface area contributed by atoms with Crippen LogP contribution in [0.3, 0.4) is 0 Å². The number of nitrogens with zero attached hydrogens (tertiary/aromatic N) is 1. The van der Waals surface area contributed by atoms with Crippen LogP contribution in [0.15, 0.2) is 60.8 Å². The molecule has 2 aromatic carbocycles. The highest BCUT2D eigenvalue weighted by Gasteiger charge is 2.41. The first-order valence-electron chi connectivity index (χ1n) is 24.9. The maximum atomic E-state index is 14.6. The standard InChI is InChI=1S/C48H70N10O12.C2HF3O2/c1-26(2)21-36(48(69)70)54-45(66)39(27(3)60)57-46(67)40(28(4)61)56-43(64)34(22-29-13-6-5-7-14-29)52-42(63)35(23-30-24-51-33-17-9-8-15-31(30)33)53-44(65)38-18-12-20-58(38)47(68)37(25-59)55-41(62)32(50)16-10-11-19-49;3-2(4,5)1(6)7/h5-9,13-15,17,24,26-28,32,34-40,51,59-61H,10-12,16,18-23,25,49-50H2,1-4H3,(H,52,63)(H,53,65)(H,54,66)(H,55,62)(H,56,64)(H,57,67)(H,69,70);(H,6,7). The molecule has 1 fully saturated rings. The molecule has 0 saturated carbocycles. The Bertz CT molecular complexity index is 2480. The van der Waals surface area contributed by atoms with Gasteiger partial charge in [0.2, 0.25) is 41.4 Å². The van der Waals surface area contributed by atoms with Crippen LogP contribution in [0, 0.1) is 5.92 Å². The zero-order chi connectivity index (χ0) is 57.7. The number of hydrogen-bond acceptors (Lipinski definition) is 14. The molecule has 1 saturated heterocycles. The van der Waals surface area contributed by atoms with Crippen LogP contribution < -0.4 is 43.4 Å². The Morgan fingerprint density at radius 1 is 0.714 bits per heavy atom. The summed E-state index contributed by atoms with van der Waals surface area (Å²) in [4.78, 5) is 122. The SMILES string of the molecule is CC(C)CC(NC(=O)C(NC(=O)C(NC(=O)C(Cc1ccccc1)NC(=O)C(Cc1c[nH]c2ccccc12)NC(=O)C1CCCN1C(=O)C(CO)NC(=O)C(N)CCCCN)C(C)O)C(C)O)C(=O)O.O=C(O)C(F)(F)F. The molecule has 0 spiro atoms. The van der Waals surface area contributed by atoms with Gasteiger partial charge < -0.3 is 78.8 Å². The predicted octanol–water partition coefficient (Wildman–Crippen LogP) is -1.17. The summed E-state index contributed by atoms with van der Waals surface area (Å²) in [5, 5.41) is 64.1. The normalized spacial score (nSPS) is 16.9. The molecule has 10 unspecified atom stereocenters. The number of amides is 7. The van der Waals surface area contributed by atoms with Crippen LogP contribution in [0.5, 0.6) is 0 Å². The van der Waals surface area contributed by atoms with Crippen molar-refractivity contribution in [2.75, 3.05) is 19.7 Å². The van der Waals surface area contributed by atoms with Gasteiger partial charge in [0.15, 0.2) is 0 Å². The van der Waals surface area contributed by atoms with Gasteiger partial charge in [-0.2, -0.15) is 13.2 Å². The summed E-state index contributed by atoms with van der Waals surface area (Å²) >= 11 is 0. The number of aliphatic hydroxyl groups excluding tert-OH is 3. The van der Waals surface area contributed by atoms with Crippen molar-refractivity contribution in [1.82, 2.24) is 41.8 Å². The third-order valence-corrected chi connectivity index (χ3v) is 12.3. The van der Waals surface area contributed by atoms with Gasteiger partial charge in [0.25, 0.3) is 0 Å². The van der Waals surface area contributed by atoms with Crippen LogP contribution in [0.2, 0.25) is 0 Å². The molecule has 426 valence electrons. The zero-order valence-electron chi connectivity index (χ0n) is 43.0. The Morgan fingerprint density at radius 3 is 1.81 bits per heavy atom. The highest BCUT2D eigenvalue weighted by Crippen LogP contribution is 2.22. The van der Waals surface area contributed by atoms with E-state index >= 15 is 0 Å². The van der Waals surface area contributed by atoms with E-state index in [0.717, 1.165) is 10.9 Å². The number of halogens is 3. The lowest BCUT2D eigenvalue weighted by Crippen LogP contribution is -2.63. The number of carboxylic acids is 2. The van der Waals surface area contributed by atoms with Gasteiger partial charge in [-0.05, 0) is 75.6 Å². The molecule has 1 aliphatic rings. The Morgan fingerprint density at radius 2 is 1.25 bits per heavy atom. The van der Waals surface area contributed by atoms with Gasteiger partial charge in [0.1, 0.15) is 42.3 Å². The quantitative estimate of drug-likeness (QED) is 0.0400. The highest BCUT2D eigenvalue weighted by atomic mass is 19.4. The van der Waals surface area contributed by atoms with Crippen LogP contribution in [0.1, 0.15) is 77.3 Å². The molecule has 27 heteroatoms. The summed E-state index contributed by atoms with van der Waals surface area (Å²) in [5.74, 6) is -10.3. The van der Waals surface area contributed by atoms with E-state index in [0.29, 0.717) is 43.4 Å². The van der Waals surface area contributed by atoms with Gasteiger partial charge in [-0.25, -0.2) is 9.59 Å². The number of aromatic amines is 1. The fraction of sp³-hybridized carbons (Fsp3) is 0.540. The van der Waals surface area contributed by atoms with E-state index in [1.54, 1.807) is 56.4 Å². The maximum absolute atomic E-state index is 14.6. The topological polar surface area (TPSA) is 398 Å². The number of hydrogen-bond donors (Lipinski definition) is 14. The number of benzene rings is 2. The van der Waals surface area contributed by atoms with Crippen LogP contribution in [-0.4, -0.2) is 175 Å². The number of alkyl halides is 3. The molecule has 3 aromatic rings. The van der Waals surface area contributed by atoms with Crippen LogP contribution in [0.4, 0.5) is 13.2 Å². The molecular weight excluding hydrogens is 1020 g/mol. The minimum absolute atomic E-state index is 0.0477. The van der Waals surface area contributed by atoms with Gasteiger partial charge in [-0.15, -0.1) is 0 Å². The number of H-pyrrole nitrogens is 1. The van der Waals surface area contributed by atoms with Gasteiger partial charge in [-0.3, -0.25) is 33.6 Å². The molecule has 77 heavy (non-hydrogen) atoms. The van der Waals surface area contributed by atoms with Crippen molar-refractivity contribution in [1.29, 1.82) is 0 Å². The minimum atomic E-state index is -5.08. The monoisotopic (exact) mass is 1090 g/mol. The van der Waals surface area contributed by atoms with Crippen molar-refractivity contribution in [3.05, 3.63) is 71.9 Å². The number of fused-ring (bicyclic) bond motifs is 1. The molecule has 24 nitrogen and oxygen atoms in total. The summed E-state index contributed by atoms with van der Waals surface area (Å²) in [6, 6.07) is 4.60. The molecule has 1 aromatic heterocycles. The number of para-hydroxylation sites is 1. The van der Waals surface area contributed by atoms with E-state index in [1.165, 1.54) is 18.7 Å². The van der Waals surface area contributed by atoms with Crippen molar-refractivity contribution >= 4 is 64.2 Å². The molecule has 2 heterocycles. The number of likely N-dealkylation sites (tertiary alicyclic amines) is 1. The fourth-order valence-corrected chi connectivity index (χ4v) is 8.20. The van der Waals surface area contributed by atoms with Gasteiger partial charge in [-0.1, -0.05) is 68.8 Å². The first-order chi connectivity index (χ1) is 36.2. The minimum Gasteiger partial charge on any atom is -0.480 e. The van der Waals surface area contributed by atoms with Crippen LogP contribution >= 0.6 is 0 Å². The number of carbonyl (C=O) groups excluding carboxylic acids is 7. The van der Waals surface area contributed by atoms with Crippen molar-refractivity contribution in [2.45, 2.75) is 146 Å². The lowest BCUT2D eigenvalue weighted by atomic mass is 10.0. The Kier molecular flexibility index (Phi) is 25.4. The lowest BCUT2D eigenvalue weighted by Gasteiger charge is -2.30. The van der Waals surface area contributed by atoms with E-state index < -0.39 is 127 Å². The molecule has 1 aliphatic heterocycles. The fourth-order valence-electron chi connectivity index (χ4n) is 8.20. The number of aliphatic hydroxyl groups is 3. The summed E-state index contributed by atoms with van der Waals surface area (Å²) in [5.41, 5.74) is 13.5. The molecule has 10 atom stereocenters. The van der Waals surface area contributed by atoms with Crippen LogP contribution in [0.25, 0.3) is 10.9 Å². The number of carbonyl (C=O) groups is 9. The Balaban J connectivity index is 0.00000208.